The van der Waals surface area contributed by atoms with Gasteiger partial charge >= 0.3 is 0 Å². The van der Waals surface area contributed by atoms with Gasteiger partial charge in [-0.1, -0.05) is 12.1 Å². The van der Waals surface area contributed by atoms with Crippen molar-refractivity contribution in [3.8, 4) is 0 Å². The molecule has 3 heteroatoms. The minimum absolute atomic E-state index is 0.396. The van der Waals surface area contributed by atoms with E-state index in [4.69, 9.17) is 11.5 Å². The van der Waals surface area contributed by atoms with Crippen LogP contribution >= 0.6 is 0 Å². The number of carbonyl (C=O) groups excluding carboxylic acids is 1. The van der Waals surface area contributed by atoms with Gasteiger partial charge in [0, 0.05) is 12.1 Å². The van der Waals surface area contributed by atoms with Crippen LogP contribution < -0.4 is 11.5 Å². The molecule has 3 nitrogen and oxygen atoms in total. The zero-order valence-electron chi connectivity index (χ0n) is 6.00. The molecule has 11 heavy (non-hydrogen) atoms. The molecule has 0 saturated carbocycles. The van der Waals surface area contributed by atoms with Crippen molar-refractivity contribution in [3.05, 3.63) is 35.4 Å². The lowest BCUT2D eigenvalue weighted by atomic mass is 10.1. The maximum atomic E-state index is 10.5. The maximum Gasteiger partial charge on any atom is 0.269 e. The summed E-state index contributed by atoms with van der Waals surface area (Å²) in [6.45, 7) is 0.404. The van der Waals surface area contributed by atoms with Crippen molar-refractivity contribution >= 4 is 5.91 Å². The second-order valence-corrected chi connectivity index (χ2v) is 2.23. The van der Waals surface area contributed by atoms with Gasteiger partial charge in [-0.05, 0) is 17.7 Å². The molecule has 0 unspecified atom stereocenters. The van der Waals surface area contributed by atoms with Crippen LogP contribution in [-0.4, -0.2) is 5.91 Å². The van der Waals surface area contributed by atoms with Gasteiger partial charge in [-0.25, -0.2) is 0 Å². The van der Waals surface area contributed by atoms with E-state index in [1.165, 1.54) is 0 Å². The van der Waals surface area contributed by atoms with E-state index < -0.39 is 5.91 Å². The first kappa shape index (κ1) is 7.75. The minimum Gasteiger partial charge on any atom is -0.326 e. The topological polar surface area (TPSA) is 66.9 Å². The first-order valence-corrected chi connectivity index (χ1v) is 3.29. The van der Waals surface area contributed by atoms with Crippen LogP contribution in [0.5, 0.6) is 0 Å². The number of hydrogen-bond donors (Lipinski definition) is 1. The molecule has 1 amide bonds. The molecule has 0 aliphatic heterocycles. The number of amides is 1. The van der Waals surface area contributed by atoms with E-state index in [9.17, 15) is 4.79 Å². The molecule has 0 heterocycles. The number of rotatable bonds is 2. The van der Waals surface area contributed by atoms with E-state index in [2.05, 4.69) is 0 Å². The molecule has 0 bridgehead atoms. The predicted molar refractivity (Wildman–Crippen MR) is 41.8 cm³/mol. The highest BCUT2D eigenvalue weighted by molar-refractivity contribution is 5.92. The third kappa shape index (κ3) is 1.78. The zero-order valence-corrected chi connectivity index (χ0v) is 6.00. The average Bonchev–Trinajstić information content (AvgIpc) is 2.05. The number of nitrogens with one attached hydrogen (secondary N) is 1. The fourth-order valence-corrected chi connectivity index (χ4v) is 0.840. The Morgan fingerprint density at radius 3 is 2.82 bits per heavy atom. The SMILES string of the molecule is [NH]C(=O)c1cccc(CN)c1. The van der Waals surface area contributed by atoms with Crippen molar-refractivity contribution in [1.29, 1.82) is 0 Å². The lowest BCUT2D eigenvalue weighted by molar-refractivity contribution is 0.0992. The van der Waals surface area contributed by atoms with E-state index in [-0.39, 0.29) is 0 Å². The Bertz CT molecular complexity index is 271. The van der Waals surface area contributed by atoms with Gasteiger partial charge in [-0.15, -0.1) is 0 Å². The molecule has 1 aromatic carbocycles. The molecule has 0 aromatic heterocycles. The molecule has 0 aliphatic rings. The standard InChI is InChI=1S/C8H9N2O/c9-5-6-2-1-3-7(4-6)8(10)11/h1-4,10H,5,9H2. The summed E-state index contributed by atoms with van der Waals surface area (Å²) < 4.78 is 0. The first-order valence-electron chi connectivity index (χ1n) is 3.29. The van der Waals surface area contributed by atoms with Crippen LogP contribution in [0.2, 0.25) is 0 Å². The highest BCUT2D eigenvalue weighted by Gasteiger charge is 1.99. The molecule has 0 saturated heterocycles. The van der Waals surface area contributed by atoms with Crippen molar-refractivity contribution in [2.24, 2.45) is 5.73 Å². The molecule has 57 valence electrons. The largest absolute Gasteiger partial charge is 0.326 e. The lowest BCUT2D eigenvalue weighted by Crippen LogP contribution is -2.02. The van der Waals surface area contributed by atoms with Gasteiger partial charge in [-0.2, -0.15) is 0 Å². The van der Waals surface area contributed by atoms with Gasteiger partial charge in [0.1, 0.15) is 0 Å². The van der Waals surface area contributed by atoms with Crippen molar-refractivity contribution in [2.45, 2.75) is 6.54 Å². The summed E-state index contributed by atoms with van der Waals surface area (Å²) in [5.74, 6) is -0.666. The first-order chi connectivity index (χ1) is 5.24. The highest BCUT2D eigenvalue weighted by Crippen LogP contribution is 2.03. The summed E-state index contributed by atoms with van der Waals surface area (Å²) in [4.78, 5) is 10.5. The molecule has 0 spiro atoms. The van der Waals surface area contributed by atoms with Crippen LogP contribution in [0.15, 0.2) is 24.3 Å². The summed E-state index contributed by atoms with van der Waals surface area (Å²) in [6, 6.07) is 6.79. The Morgan fingerprint density at radius 1 is 1.55 bits per heavy atom. The summed E-state index contributed by atoms with van der Waals surface area (Å²) in [5, 5.41) is 0. The second kappa shape index (κ2) is 3.16. The fourth-order valence-electron chi connectivity index (χ4n) is 0.840. The smallest absolute Gasteiger partial charge is 0.269 e. The Hall–Kier alpha value is -1.35. The number of carbonyl (C=O) groups is 1. The third-order valence-electron chi connectivity index (χ3n) is 1.42. The van der Waals surface area contributed by atoms with Crippen LogP contribution in [0.3, 0.4) is 0 Å². The Balaban J connectivity index is 3.01. The summed E-state index contributed by atoms with van der Waals surface area (Å²) in [7, 11) is 0. The van der Waals surface area contributed by atoms with Crippen LogP contribution in [0.25, 0.3) is 0 Å². The third-order valence-corrected chi connectivity index (χ3v) is 1.42. The molecule has 1 radical (unpaired) electrons. The van der Waals surface area contributed by atoms with Gasteiger partial charge in [0.25, 0.3) is 5.91 Å². The van der Waals surface area contributed by atoms with E-state index in [1.807, 2.05) is 6.07 Å². The van der Waals surface area contributed by atoms with Crippen molar-refractivity contribution in [1.82, 2.24) is 5.73 Å². The van der Waals surface area contributed by atoms with Gasteiger partial charge < -0.3 is 5.73 Å². The Labute approximate surface area is 65.0 Å². The van der Waals surface area contributed by atoms with Gasteiger partial charge in [0.2, 0.25) is 0 Å². The van der Waals surface area contributed by atoms with E-state index in [0.717, 1.165) is 5.56 Å². The van der Waals surface area contributed by atoms with Crippen molar-refractivity contribution in [2.75, 3.05) is 0 Å². The summed E-state index contributed by atoms with van der Waals surface area (Å²) in [6.07, 6.45) is 0. The molecular formula is C8H9N2O. The lowest BCUT2D eigenvalue weighted by Gasteiger charge is -1.97. The van der Waals surface area contributed by atoms with Gasteiger partial charge in [0.15, 0.2) is 0 Å². The summed E-state index contributed by atoms with van der Waals surface area (Å²) in [5.41, 5.74) is 13.4. The van der Waals surface area contributed by atoms with Gasteiger partial charge in [0.05, 0.1) is 0 Å². The monoisotopic (exact) mass is 149 g/mol. The van der Waals surface area contributed by atoms with Crippen LogP contribution in [0.4, 0.5) is 0 Å². The highest BCUT2D eigenvalue weighted by atomic mass is 16.1. The Morgan fingerprint density at radius 2 is 2.27 bits per heavy atom. The maximum absolute atomic E-state index is 10.5. The van der Waals surface area contributed by atoms with Crippen molar-refractivity contribution in [3.63, 3.8) is 0 Å². The Kier molecular flexibility index (Phi) is 2.23. The normalized spacial score (nSPS) is 9.55. The second-order valence-electron chi connectivity index (χ2n) is 2.23. The van der Waals surface area contributed by atoms with Crippen LogP contribution in [0, 0.1) is 0 Å². The quantitative estimate of drug-likeness (QED) is 0.667. The number of hydrogen-bond acceptors (Lipinski definition) is 2. The molecule has 0 atom stereocenters. The molecule has 0 fully saturated rings. The van der Waals surface area contributed by atoms with Crippen LogP contribution in [-0.2, 0) is 6.54 Å². The molecule has 3 N–H and O–H groups in total. The average molecular weight is 149 g/mol. The van der Waals surface area contributed by atoms with E-state index >= 15 is 0 Å². The molecule has 0 aliphatic carbocycles. The van der Waals surface area contributed by atoms with Crippen molar-refractivity contribution < 1.29 is 4.79 Å². The summed E-state index contributed by atoms with van der Waals surface area (Å²) >= 11 is 0. The van der Waals surface area contributed by atoms with Crippen LogP contribution in [0.1, 0.15) is 15.9 Å². The minimum atomic E-state index is -0.666. The predicted octanol–water partition coefficient (Wildman–Crippen LogP) is 0.568. The molecular weight excluding hydrogens is 140 g/mol. The molecule has 1 aromatic rings. The number of benzene rings is 1. The van der Waals surface area contributed by atoms with E-state index in [1.54, 1.807) is 18.2 Å². The molecule has 1 rings (SSSR count). The van der Waals surface area contributed by atoms with Gasteiger partial charge in [-0.3, -0.25) is 10.5 Å². The fraction of sp³-hybridized carbons (Fsp3) is 0.125. The number of nitrogens with two attached hydrogens (primary N) is 1. The van der Waals surface area contributed by atoms with E-state index in [0.29, 0.717) is 12.1 Å². The zero-order chi connectivity index (χ0) is 8.27.